The zero-order valence-corrected chi connectivity index (χ0v) is 33.5. The first-order valence-corrected chi connectivity index (χ1v) is 19.8. The normalized spacial score (nSPS) is 18.1. The first-order chi connectivity index (χ1) is 27.9. The van der Waals surface area contributed by atoms with Crippen molar-refractivity contribution in [2.75, 3.05) is 27.3 Å². The van der Waals surface area contributed by atoms with E-state index in [1.54, 1.807) is 16.0 Å². The quantitative estimate of drug-likeness (QED) is 0.129. The highest BCUT2D eigenvalue weighted by Gasteiger charge is 2.39. The van der Waals surface area contributed by atoms with Crippen LogP contribution in [-0.4, -0.2) is 103 Å². The predicted molar refractivity (Wildman–Crippen MR) is 217 cm³/mol. The molecule has 4 N–H and O–H groups in total. The molecule has 4 atom stereocenters. The molecule has 0 aliphatic carbocycles. The number of imidazole rings is 2. The summed E-state index contributed by atoms with van der Waals surface area (Å²) in [6.45, 7) is 8.70. The Hall–Kier alpha value is -6.32. The average Bonchev–Trinajstić information content (AvgIpc) is 4.06. The van der Waals surface area contributed by atoms with E-state index in [0.717, 1.165) is 80.7 Å². The van der Waals surface area contributed by atoms with E-state index >= 15 is 0 Å². The number of methoxy groups -OCH3 is 2. The van der Waals surface area contributed by atoms with E-state index in [2.05, 4.69) is 26.7 Å². The molecule has 2 aliphatic rings. The highest BCUT2D eigenvalue weighted by atomic mass is 16.5. The Morgan fingerprint density at radius 3 is 2.07 bits per heavy atom. The molecule has 0 unspecified atom stereocenters. The molecule has 0 spiro atoms. The van der Waals surface area contributed by atoms with Gasteiger partial charge in [-0.25, -0.2) is 24.5 Å². The van der Waals surface area contributed by atoms with Gasteiger partial charge in [-0.2, -0.15) is 0 Å². The summed E-state index contributed by atoms with van der Waals surface area (Å²) in [5.41, 5.74) is 5.66. The largest absolute Gasteiger partial charge is 0.453 e. The van der Waals surface area contributed by atoms with E-state index in [1.807, 2.05) is 64.2 Å². The van der Waals surface area contributed by atoms with Gasteiger partial charge in [0, 0.05) is 41.3 Å². The van der Waals surface area contributed by atoms with Gasteiger partial charge in [0.2, 0.25) is 11.8 Å². The van der Waals surface area contributed by atoms with Crippen LogP contribution in [0.4, 0.5) is 9.59 Å². The average molecular weight is 789 g/mol. The van der Waals surface area contributed by atoms with Gasteiger partial charge >= 0.3 is 12.2 Å². The van der Waals surface area contributed by atoms with E-state index in [4.69, 9.17) is 29.4 Å². The number of pyridine rings is 2. The maximum Gasteiger partial charge on any atom is 0.407 e. The van der Waals surface area contributed by atoms with Crippen LogP contribution < -0.4 is 10.6 Å². The minimum atomic E-state index is -0.721. The number of nitrogens with one attached hydrogen (secondary N) is 4. The standard InChI is InChI=1S/C42H48N10O6/c1-21(2)33(49-41(55)57-5)39(53)51-15-7-9-31(51)37-45-27-14-12-23-17-28(43-19-26(23)36(27)48-37)24-11-13-25-29(18-24)44-20-30-35(25)47-38(46-30)32-10-8-16-52(32)40(54)34(22(3)4)50-42(56)58-6/h11-14,17-22,31-34,43H,7-10,15-16H2,1-6H3,(H,46,47)(H,49,55)(H,50,56)/t31-,32-,33-,34-/m0/s1. The summed E-state index contributed by atoms with van der Waals surface area (Å²) in [5.74, 6) is 0.694. The van der Waals surface area contributed by atoms with Crippen LogP contribution in [0.5, 0.6) is 0 Å². The summed E-state index contributed by atoms with van der Waals surface area (Å²) in [6, 6.07) is 10.2. The molecule has 6 heterocycles. The van der Waals surface area contributed by atoms with Crippen molar-refractivity contribution >= 4 is 67.7 Å². The van der Waals surface area contributed by atoms with Crippen LogP contribution >= 0.6 is 0 Å². The SMILES string of the molecule is COC(=O)N[C@H](C(=O)N1CCC[C@H]1c1nc2ccc3cc(-c4ccc5c(c4)ncc4[nH]c([C@@H]6CCCN6C(=O)[C@@H](NC(=O)OC)C(C)C)nc45)[nH]cc3c2n1)C(C)C. The van der Waals surface area contributed by atoms with Gasteiger partial charge in [-0.15, -0.1) is 0 Å². The smallest absolute Gasteiger partial charge is 0.407 e. The second-order valence-corrected chi connectivity index (χ2v) is 15.8. The van der Waals surface area contributed by atoms with Crippen molar-refractivity contribution < 1.29 is 28.7 Å². The number of rotatable bonds is 9. The van der Waals surface area contributed by atoms with Crippen molar-refractivity contribution in [3.63, 3.8) is 0 Å². The van der Waals surface area contributed by atoms with Gasteiger partial charge in [-0.3, -0.25) is 14.6 Å². The topological polar surface area (TPSA) is 200 Å². The Bertz CT molecular complexity index is 2390. The number of aromatic nitrogens is 6. The first kappa shape index (κ1) is 38.5. The Kier molecular flexibility index (Phi) is 10.3. The number of hydrogen-bond donors (Lipinski definition) is 4. The van der Waals surface area contributed by atoms with Crippen LogP contribution in [0.1, 0.15) is 77.1 Å². The van der Waals surface area contributed by atoms with Crippen LogP contribution in [0, 0.1) is 11.8 Å². The predicted octanol–water partition coefficient (Wildman–Crippen LogP) is 6.29. The number of carbonyl (C=O) groups excluding carboxylic acids is 4. The highest BCUT2D eigenvalue weighted by Crippen LogP contribution is 2.37. The van der Waals surface area contributed by atoms with Crippen molar-refractivity contribution in [2.24, 2.45) is 11.8 Å². The third kappa shape index (κ3) is 7.00. The van der Waals surface area contributed by atoms with Crippen molar-refractivity contribution in [1.82, 2.24) is 50.3 Å². The molecule has 302 valence electrons. The molecule has 2 aliphatic heterocycles. The number of amides is 4. The van der Waals surface area contributed by atoms with Gasteiger partial charge in [-0.05, 0) is 67.2 Å². The fraction of sp³-hybridized carbons (Fsp3) is 0.429. The zero-order valence-electron chi connectivity index (χ0n) is 33.5. The number of benzene rings is 2. The van der Waals surface area contributed by atoms with Crippen molar-refractivity contribution in [1.29, 1.82) is 0 Å². The summed E-state index contributed by atoms with van der Waals surface area (Å²) in [5, 5.41) is 8.18. The molecule has 6 aromatic rings. The first-order valence-electron chi connectivity index (χ1n) is 19.8. The molecule has 0 saturated carbocycles. The van der Waals surface area contributed by atoms with Crippen LogP contribution in [0.25, 0.3) is 55.0 Å². The second kappa shape index (κ2) is 15.6. The lowest BCUT2D eigenvalue weighted by Crippen LogP contribution is -2.51. The third-order valence-corrected chi connectivity index (χ3v) is 11.5. The number of hydrogen-bond acceptors (Lipinski definition) is 10. The molecule has 58 heavy (non-hydrogen) atoms. The number of ether oxygens (including phenoxy) is 2. The molecule has 2 fully saturated rings. The zero-order chi connectivity index (χ0) is 40.8. The number of aromatic amines is 2. The summed E-state index contributed by atoms with van der Waals surface area (Å²) in [4.78, 5) is 81.6. The number of carbonyl (C=O) groups is 4. The van der Waals surface area contributed by atoms with Gasteiger partial charge in [0.05, 0.1) is 54.6 Å². The van der Waals surface area contributed by atoms with Gasteiger partial charge in [0.15, 0.2) is 5.82 Å². The molecular weight excluding hydrogens is 741 g/mol. The molecule has 2 saturated heterocycles. The van der Waals surface area contributed by atoms with E-state index in [1.165, 1.54) is 14.2 Å². The fourth-order valence-electron chi connectivity index (χ4n) is 8.40. The van der Waals surface area contributed by atoms with Gasteiger partial charge in [0.1, 0.15) is 23.4 Å². The van der Waals surface area contributed by atoms with E-state index in [9.17, 15) is 19.2 Å². The summed E-state index contributed by atoms with van der Waals surface area (Å²) < 4.78 is 9.56. The van der Waals surface area contributed by atoms with E-state index < -0.39 is 24.3 Å². The third-order valence-electron chi connectivity index (χ3n) is 11.5. The maximum atomic E-state index is 13.7. The van der Waals surface area contributed by atoms with Crippen LogP contribution in [-0.2, 0) is 19.1 Å². The molecule has 4 amide bonds. The lowest BCUT2D eigenvalue weighted by Gasteiger charge is -2.29. The Morgan fingerprint density at radius 1 is 0.759 bits per heavy atom. The molecular formula is C42H48N10O6. The van der Waals surface area contributed by atoms with Crippen molar-refractivity contribution in [3.05, 3.63) is 60.4 Å². The Labute approximate surface area is 334 Å². The molecule has 8 rings (SSSR count). The summed E-state index contributed by atoms with van der Waals surface area (Å²) in [7, 11) is 2.57. The Morgan fingerprint density at radius 2 is 1.41 bits per heavy atom. The van der Waals surface area contributed by atoms with Crippen LogP contribution in [0.2, 0.25) is 0 Å². The molecule has 2 aromatic carbocycles. The van der Waals surface area contributed by atoms with Crippen LogP contribution in [0.15, 0.2) is 48.8 Å². The Balaban J connectivity index is 1.05. The summed E-state index contributed by atoms with van der Waals surface area (Å²) in [6.07, 6.45) is 5.56. The van der Waals surface area contributed by atoms with E-state index in [0.29, 0.717) is 24.7 Å². The molecule has 0 radical (unpaired) electrons. The number of alkyl carbamates (subject to hydrolysis) is 2. The van der Waals surface area contributed by atoms with E-state index in [-0.39, 0.29) is 35.7 Å². The molecule has 0 bridgehead atoms. The number of nitrogens with zero attached hydrogens (tertiary/aromatic N) is 6. The number of fused-ring (bicyclic) bond motifs is 6. The minimum Gasteiger partial charge on any atom is -0.453 e. The van der Waals surface area contributed by atoms with Crippen molar-refractivity contribution in [3.8, 4) is 11.3 Å². The van der Waals surface area contributed by atoms with Gasteiger partial charge < -0.3 is 39.9 Å². The van der Waals surface area contributed by atoms with Gasteiger partial charge in [-0.1, -0.05) is 39.8 Å². The lowest BCUT2D eigenvalue weighted by molar-refractivity contribution is -0.136. The molecule has 16 nitrogen and oxygen atoms in total. The monoisotopic (exact) mass is 788 g/mol. The fourth-order valence-corrected chi connectivity index (χ4v) is 8.40. The maximum absolute atomic E-state index is 13.7. The van der Waals surface area contributed by atoms with Gasteiger partial charge in [0.25, 0.3) is 0 Å². The molecule has 4 aromatic heterocycles. The second-order valence-electron chi connectivity index (χ2n) is 15.8. The highest BCUT2D eigenvalue weighted by molar-refractivity contribution is 6.06. The minimum absolute atomic E-state index is 0.127. The van der Waals surface area contributed by atoms with Crippen LogP contribution in [0.3, 0.4) is 0 Å². The number of likely N-dealkylation sites (tertiary alicyclic amines) is 2. The molecule has 16 heteroatoms. The van der Waals surface area contributed by atoms with Crippen molar-refractivity contribution in [2.45, 2.75) is 77.5 Å². The lowest BCUT2D eigenvalue weighted by atomic mass is 10.0. The number of H-pyrrole nitrogens is 2. The summed E-state index contributed by atoms with van der Waals surface area (Å²) >= 11 is 0.